The SMILES string of the molecule is CC(CN(C)C)NCc1sccc1Cl. The minimum atomic E-state index is 0.489. The molecule has 1 aromatic rings. The molecule has 2 nitrogen and oxygen atoms in total. The van der Waals surface area contributed by atoms with Gasteiger partial charge in [0.1, 0.15) is 0 Å². The summed E-state index contributed by atoms with van der Waals surface area (Å²) in [5, 5.41) is 6.34. The van der Waals surface area contributed by atoms with E-state index < -0.39 is 0 Å². The van der Waals surface area contributed by atoms with Crippen LogP contribution in [0.15, 0.2) is 11.4 Å². The lowest BCUT2D eigenvalue weighted by atomic mass is 10.3. The largest absolute Gasteiger partial charge is 0.308 e. The lowest BCUT2D eigenvalue weighted by Crippen LogP contribution is -2.35. The van der Waals surface area contributed by atoms with Gasteiger partial charge in [-0.05, 0) is 32.5 Å². The molecule has 1 atom stereocenters. The van der Waals surface area contributed by atoms with E-state index in [9.17, 15) is 0 Å². The zero-order valence-corrected chi connectivity index (χ0v) is 10.5. The maximum Gasteiger partial charge on any atom is 0.0558 e. The molecule has 1 heterocycles. The van der Waals surface area contributed by atoms with E-state index in [0.29, 0.717) is 6.04 Å². The van der Waals surface area contributed by atoms with Gasteiger partial charge in [0.2, 0.25) is 0 Å². The van der Waals surface area contributed by atoms with Crippen LogP contribution in [0.25, 0.3) is 0 Å². The van der Waals surface area contributed by atoms with Crippen molar-refractivity contribution in [1.82, 2.24) is 10.2 Å². The van der Waals surface area contributed by atoms with Crippen molar-refractivity contribution in [3.05, 3.63) is 21.3 Å². The molecule has 0 radical (unpaired) electrons. The van der Waals surface area contributed by atoms with Gasteiger partial charge in [-0.25, -0.2) is 0 Å². The highest BCUT2D eigenvalue weighted by atomic mass is 35.5. The van der Waals surface area contributed by atoms with Gasteiger partial charge < -0.3 is 10.2 Å². The van der Waals surface area contributed by atoms with Gasteiger partial charge >= 0.3 is 0 Å². The molecule has 0 saturated heterocycles. The van der Waals surface area contributed by atoms with Crippen LogP contribution < -0.4 is 5.32 Å². The molecule has 1 aromatic heterocycles. The Morgan fingerprint density at radius 2 is 2.29 bits per heavy atom. The molecule has 14 heavy (non-hydrogen) atoms. The van der Waals surface area contributed by atoms with Crippen molar-refractivity contribution in [2.45, 2.75) is 19.5 Å². The van der Waals surface area contributed by atoms with Crippen LogP contribution in [0.1, 0.15) is 11.8 Å². The Morgan fingerprint density at radius 1 is 1.57 bits per heavy atom. The predicted molar refractivity (Wildman–Crippen MR) is 64.2 cm³/mol. The fourth-order valence-corrected chi connectivity index (χ4v) is 2.38. The van der Waals surface area contributed by atoms with Gasteiger partial charge in [-0.1, -0.05) is 11.6 Å². The van der Waals surface area contributed by atoms with E-state index in [0.717, 1.165) is 18.1 Å². The van der Waals surface area contributed by atoms with Crippen molar-refractivity contribution in [1.29, 1.82) is 0 Å². The summed E-state index contributed by atoms with van der Waals surface area (Å²) in [5.41, 5.74) is 0. The maximum atomic E-state index is 5.99. The molecule has 0 amide bonds. The molecule has 0 aliphatic heterocycles. The van der Waals surface area contributed by atoms with E-state index in [1.807, 2.05) is 11.4 Å². The van der Waals surface area contributed by atoms with Crippen LogP contribution in [0.5, 0.6) is 0 Å². The van der Waals surface area contributed by atoms with Crippen molar-refractivity contribution >= 4 is 22.9 Å². The summed E-state index contributed by atoms with van der Waals surface area (Å²) in [6.07, 6.45) is 0. The summed E-state index contributed by atoms with van der Waals surface area (Å²) >= 11 is 7.69. The van der Waals surface area contributed by atoms with E-state index >= 15 is 0 Å². The van der Waals surface area contributed by atoms with Crippen molar-refractivity contribution in [2.75, 3.05) is 20.6 Å². The predicted octanol–water partition coefficient (Wildman–Crippen LogP) is 2.44. The number of thiophene rings is 1. The normalized spacial score (nSPS) is 13.5. The van der Waals surface area contributed by atoms with Crippen molar-refractivity contribution < 1.29 is 0 Å². The Bertz CT molecular complexity index is 273. The van der Waals surface area contributed by atoms with E-state index in [2.05, 4.69) is 31.2 Å². The highest BCUT2D eigenvalue weighted by Gasteiger charge is 2.05. The summed E-state index contributed by atoms with van der Waals surface area (Å²) in [6.45, 7) is 4.09. The number of likely N-dealkylation sites (N-methyl/N-ethyl adjacent to an activating group) is 1. The molecule has 4 heteroatoms. The fourth-order valence-electron chi connectivity index (χ4n) is 1.33. The summed E-state index contributed by atoms with van der Waals surface area (Å²) in [7, 11) is 4.16. The zero-order chi connectivity index (χ0) is 10.6. The monoisotopic (exact) mass is 232 g/mol. The number of nitrogens with zero attached hydrogens (tertiary/aromatic N) is 1. The number of hydrogen-bond acceptors (Lipinski definition) is 3. The van der Waals surface area contributed by atoms with Gasteiger partial charge in [0.15, 0.2) is 0 Å². The minimum absolute atomic E-state index is 0.489. The Kier molecular flexibility index (Phi) is 4.89. The van der Waals surface area contributed by atoms with Crippen molar-refractivity contribution in [3.63, 3.8) is 0 Å². The average molecular weight is 233 g/mol. The third-order valence-electron chi connectivity index (χ3n) is 1.94. The number of hydrogen-bond donors (Lipinski definition) is 1. The molecular weight excluding hydrogens is 216 g/mol. The lowest BCUT2D eigenvalue weighted by molar-refractivity contribution is 0.349. The van der Waals surface area contributed by atoms with Gasteiger partial charge in [0, 0.05) is 24.0 Å². The maximum absolute atomic E-state index is 5.99. The second-order valence-electron chi connectivity index (χ2n) is 3.74. The van der Waals surface area contributed by atoms with Gasteiger partial charge in [-0.3, -0.25) is 0 Å². The van der Waals surface area contributed by atoms with Gasteiger partial charge in [0.05, 0.1) is 5.02 Å². The van der Waals surface area contributed by atoms with Crippen LogP contribution in [-0.4, -0.2) is 31.6 Å². The van der Waals surface area contributed by atoms with Gasteiger partial charge in [-0.15, -0.1) is 11.3 Å². The molecule has 0 fully saturated rings. The summed E-state index contributed by atoms with van der Waals surface area (Å²) in [6, 6.07) is 2.43. The first-order chi connectivity index (χ1) is 6.59. The highest BCUT2D eigenvalue weighted by molar-refractivity contribution is 7.10. The van der Waals surface area contributed by atoms with Gasteiger partial charge in [-0.2, -0.15) is 0 Å². The molecule has 1 rings (SSSR count). The molecule has 0 aromatic carbocycles. The van der Waals surface area contributed by atoms with E-state index in [1.165, 1.54) is 4.88 Å². The molecule has 0 aliphatic rings. The number of nitrogens with one attached hydrogen (secondary N) is 1. The van der Waals surface area contributed by atoms with Crippen molar-refractivity contribution in [3.8, 4) is 0 Å². The third-order valence-corrected chi connectivity index (χ3v) is 3.33. The minimum Gasteiger partial charge on any atom is -0.308 e. The van der Waals surface area contributed by atoms with Crippen LogP contribution in [0.2, 0.25) is 5.02 Å². The summed E-state index contributed by atoms with van der Waals surface area (Å²) < 4.78 is 0. The molecular formula is C10H17ClN2S. The Balaban J connectivity index is 2.30. The van der Waals surface area contributed by atoms with Crippen molar-refractivity contribution in [2.24, 2.45) is 0 Å². The topological polar surface area (TPSA) is 15.3 Å². The molecule has 0 saturated carbocycles. The molecule has 1 N–H and O–H groups in total. The highest BCUT2D eigenvalue weighted by Crippen LogP contribution is 2.21. The summed E-state index contributed by atoms with van der Waals surface area (Å²) in [5.74, 6) is 0. The molecule has 1 unspecified atom stereocenters. The van der Waals surface area contributed by atoms with Crippen LogP contribution in [0.3, 0.4) is 0 Å². The van der Waals surface area contributed by atoms with Crippen LogP contribution in [-0.2, 0) is 6.54 Å². The van der Waals surface area contributed by atoms with Crippen LogP contribution >= 0.6 is 22.9 Å². The first-order valence-electron chi connectivity index (χ1n) is 4.69. The van der Waals surface area contributed by atoms with E-state index in [-0.39, 0.29) is 0 Å². The quantitative estimate of drug-likeness (QED) is 0.839. The van der Waals surface area contributed by atoms with Crippen LogP contribution in [0, 0.1) is 0 Å². The summed E-state index contributed by atoms with van der Waals surface area (Å²) in [4.78, 5) is 3.39. The standard InChI is InChI=1S/C10H17ClN2S/c1-8(7-13(2)3)12-6-10-9(11)4-5-14-10/h4-5,8,12H,6-7H2,1-3H3. The second-order valence-corrected chi connectivity index (χ2v) is 5.14. The number of halogens is 1. The lowest BCUT2D eigenvalue weighted by Gasteiger charge is -2.17. The molecule has 0 bridgehead atoms. The Hall–Kier alpha value is -0.0900. The van der Waals surface area contributed by atoms with Gasteiger partial charge in [0.25, 0.3) is 0 Å². The average Bonchev–Trinajstić information content (AvgIpc) is 2.46. The van der Waals surface area contributed by atoms with E-state index in [1.54, 1.807) is 11.3 Å². The first-order valence-corrected chi connectivity index (χ1v) is 5.95. The second kappa shape index (κ2) is 5.71. The fraction of sp³-hybridized carbons (Fsp3) is 0.600. The molecule has 0 spiro atoms. The third kappa shape index (κ3) is 3.96. The molecule has 0 aliphatic carbocycles. The Morgan fingerprint density at radius 3 is 2.79 bits per heavy atom. The zero-order valence-electron chi connectivity index (χ0n) is 8.88. The van der Waals surface area contributed by atoms with Crippen LogP contribution in [0.4, 0.5) is 0 Å². The first kappa shape index (κ1) is 12.0. The van der Waals surface area contributed by atoms with E-state index in [4.69, 9.17) is 11.6 Å². The smallest absolute Gasteiger partial charge is 0.0558 e. The Labute approximate surface area is 94.9 Å². The number of rotatable bonds is 5. The molecule has 80 valence electrons.